The Bertz CT molecular complexity index is 669. The van der Waals surface area contributed by atoms with Gasteiger partial charge in [-0.2, -0.15) is 0 Å². The second-order valence-electron chi connectivity index (χ2n) is 4.60. The average molecular weight is 316 g/mol. The van der Waals surface area contributed by atoms with E-state index in [-0.39, 0.29) is 23.6 Å². The highest BCUT2D eigenvalue weighted by molar-refractivity contribution is 7.91. The minimum absolute atomic E-state index is 0.0124. The number of rotatable bonds is 5. The number of Topliss-reactive ketones (excluding diaryl/α,β-unsaturated/α-hetero) is 1. The van der Waals surface area contributed by atoms with Gasteiger partial charge in [0, 0.05) is 17.3 Å². The maximum Gasteiger partial charge on any atom is 0.299 e. The van der Waals surface area contributed by atoms with Gasteiger partial charge in [0.15, 0.2) is 9.84 Å². The number of benzene rings is 1. The average Bonchev–Trinajstić information content (AvgIpc) is 2.60. The number of anilines is 1. The highest BCUT2D eigenvalue weighted by atomic mass is 35.5. The number of fused-ring (bicyclic) bond motifs is 1. The van der Waals surface area contributed by atoms with Gasteiger partial charge in [0.05, 0.1) is 17.0 Å². The minimum atomic E-state index is -3.20. The molecule has 5 nitrogen and oxygen atoms in total. The molecule has 0 spiro atoms. The number of sulfone groups is 1. The number of nitrogens with zero attached hydrogens (tertiary/aromatic N) is 1. The fourth-order valence-electron chi connectivity index (χ4n) is 2.14. The van der Waals surface area contributed by atoms with Crippen molar-refractivity contribution >= 4 is 38.8 Å². The van der Waals surface area contributed by atoms with Crippen LogP contribution in [0.5, 0.6) is 0 Å². The molecule has 0 radical (unpaired) electrons. The molecule has 0 aromatic heterocycles. The van der Waals surface area contributed by atoms with Crippen LogP contribution in [0.3, 0.4) is 0 Å². The Kier molecular flexibility index (Phi) is 4.15. The molecule has 1 aliphatic rings. The molecule has 0 saturated heterocycles. The van der Waals surface area contributed by atoms with Crippen LogP contribution in [0.25, 0.3) is 0 Å². The van der Waals surface area contributed by atoms with Crippen LogP contribution < -0.4 is 4.90 Å². The van der Waals surface area contributed by atoms with Gasteiger partial charge >= 0.3 is 0 Å². The van der Waals surface area contributed by atoms with Crippen molar-refractivity contribution in [3.63, 3.8) is 0 Å². The minimum Gasteiger partial charge on any atom is -0.304 e. The molecular formula is C13H14ClNO4S. The smallest absolute Gasteiger partial charge is 0.299 e. The Morgan fingerprint density at radius 1 is 1.20 bits per heavy atom. The van der Waals surface area contributed by atoms with Crippen molar-refractivity contribution in [1.82, 2.24) is 0 Å². The zero-order chi connectivity index (χ0) is 14.9. The molecular weight excluding hydrogens is 302 g/mol. The van der Waals surface area contributed by atoms with E-state index in [0.29, 0.717) is 17.1 Å². The van der Waals surface area contributed by atoms with Gasteiger partial charge in [0.25, 0.3) is 11.7 Å². The second kappa shape index (κ2) is 5.54. The number of carbonyl (C=O) groups excluding carboxylic acids is 2. The van der Waals surface area contributed by atoms with Gasteiger partial charge in [-0.1, -0.05) is 18.5 Å². The van der Waals surface area contributed by atoms with E-state index >= 15 is 0 Å². The molecule has 1 aromatic carbocycles. The van der Waals surface area contributed by atoms with Crippen molar-refractivity contribution in [2.24, 2.45) is 0 Å². The van der Waals surface area contributed by atoms with E-state index in [1.165, 1.54) is 11.0 Å². The molecule has 20 heavy (non-hydrogen) atoms. The Labute approximate surface area is 122 Å². The van der Waals surface area contributed by atoms with E-state index in [0.717, 1.165) is 0 Å². The summed E-state index contributed by atoms with van der Waals surface area (Å²) in [5.74, 6) is -1.41. The summed E-state index contributed by atoms with van der Waals surface area (Å²) < 4.78 is 23.4. The van der Waals surface area contributed by atoms with E-state index in [9.17, 15) is 18.0 Å². The Morgan fingerprint density at radius 2 is 1.90 bits per heavy atom. The van der Waals surface area contributed by atoms with Gasteiger partial charge in [-0.3, -0.25) is 9.59 Å². The Morgan fingerprint density at radius 3 is 2.55 bits per heavy atom. The van der Waals surface area contributed by atoms with Crippen LogP contribution in [0.2, 0.25) is 5.02 Å². The van der Waals surface area contributed by atoms with E-state index in [2.05, 4.69) is 0 Å². The first-order chi connectivity index (χ1) is 9.35. The third kappa shape index (κ3) is 2.86. The van der Waals surface area contributed by atoms with E-state index < -0.39 is 21.5 Å². The highest BCUT2D eigenvalue weighted by Gasteiger charge is 2.36. The normalized spacial score (nSPS) is 14.8. The van der Waals surface area contributed by atoms with Gasteiger partial charge in [-0.05, 0) is 24.6 Å². The summed E-state index contributed by atoms with van der Waals surface area (Å²) in [5, 5.41) is 0.366. The zero-order valence-electron chi connectivity index (χ0n) is 10.9. The van der Waals surface area contributed by atoms with Crippen LogP contribution >= 0.6 is 11.6 Å². The monoisotopic (exact) mass is 315 g/mol. The van der Waals surface area contributed by atoms with Crippen LogP contribution in [0, 0.1) is 0 Å². The molecule has 0 saturated carbocycles. The van der Waals surface area contributed by atoms with Crippen molar-refractivity contribution in [1.29, 1.82) is 0 Å². The van der Waals surface area contributed by atoms with Crippen molar-refractivity contribution in [3.8, 4) is 0 Å². The summed E-state index contributed by atoms with van der Waals surface area (Å²) in [5.41, 5.74) is 0.659. The second-order valence-corrected chi connectivity index (χ2v) is 7.34. The maximum atomic E-state index is 11.9. The molecule has 0 N–H and O–H groups in total. The van der Waals surface area contributed by atoms with Crippen LogP contribution in [0.1, 0.15) is 23.7 Å². The quantitative estimate of drug-likeness (QED) is 0.775. The number of hydrogen-bond acceptors (Lipinski definition) is 4. The lowest BCUT2D eigenvalue weighted by molar-refractivity contribution is -0.114. The SMILES string of the molecule is CCCS(=O)(=O)CCN1C(=O)C(=O)c2cc(Cl)ccc21. The number of halogens is 1. The molecule has 0 atom stereocenters. The Hall–Kier alpha value is -1.40. The highest BCUT2D eigenvalue weighted by Crippen LogP contribution is 2.31. The van der Waals surface area contributed by atoms with Crippen LogP contribution in [-0.2, 0) is 14.6 Å². The van der Waals surface area contributed by atoms with E-state index in [1.807, 2.05) is 0 Å². The zero-order valence-corrected chi connectivity index (χ0v) is 12.5. The fraction of sp³-hybridized carbons (Fsp3) is 0.385. The van der Waals surface area contributed by atoms with Crippen LogP contribution in [0.15, 0.2) is 18.2 Å². The van der Waals surface area contributed by atoms with Gasteiger partial charge < -0.3 is 4.90 Å². The predicted molar refractivity (Wildman–Crippen MR) is 77.1 cm³/mol. The van der Waals surface area contributed by atoms with Crippen LogP contribution in [0.4, 0.5) is 5.69 Å². The lowest BCUT2D eigenvalue weighted by Gasteiger charge is -2.16. The summed E-state index contributed by atoms with van der Waals surface area (Å²) in [7, 11) is -3.20. The molecule has 7 heteroatoms. The first-order valence-corrected chi connectivity index (χ1v) is 8.42. The van der Waals surface area contributed by atoms with Gasteiger partial charge in [0.1, 0.15) is 0 Å². The van der Waals surface area contributed by atoms with Gasteiger partial charge in [-0.15, -0.1) is 0 Å². The molecule has 0 unspecified atom stereocenters. The molecule has 1 heterocycles. The molecule has 0 aliphatic carbocycles. The predicted octanol–water partition coefficient (Wildman–Crippen LogP) is 1.69. The van der Waals surface area contributed by atoms with Crippen molar-refractivity contribution in [2.75, 3.05) is 23.0 Å². The lowest BCUT2D eigenvalue weighted by Crippen LogP contribution is -2.34. The summed E-state index contributed by atoms with van der Waals surface area (Å²) >= 11 is 5.80. The molecule has 2 rings (SSSR count). The molecule has 108 valence electrons. The third-order valence-corrected chi connectivity index (χ3v) is 5.14. The number of carbonyl (C=O) groups is 2. The topological polar surface area (TPSA) is 71.5 Å². The number of hydrogen-bond donors (Lipinski definition) is 0. The first kappa shape index (κ1) is 15.0. The van der Waals surface area contributed by atoms with Crippen molar-refractivity contribution in [3.05, 3.63) is 28.8 Å². The number of ketones is 1. The molecule has 1 aromatic rings. The maximum absolute atomic E-state index is 11.9. The van der Waals surface area contributed by atoms with Crippen LogP contribution in [-0.4, -0.2) is 38.2 Å². The largest absolute Gasteiger partial charge is 0.304 e. The van der Waals surface area contributed by atoms with Gasteiger partial charge in [-0.25, -0.2) is 8.42 Å². The van der Waals surface area contributed by atoms with Crippen molar-refractivity contribution < 1.29 is 18.0 Å². The fourth-order valence-corrected chi connectivity index (χ4v) is 3.60. The summed E-state index contributed by atoms with van der Waals surface area (Å²) in [6, 6.07) is 4.56. The standard InChI is InChI=1S/C13H14ClNO4S/c1-2-6-20(18,19)7-5-15-11-4-3-9(14)8-10(11)12(16)13(15)17/h3-4,8H,2,5-7H2,1H3. The molecule has 1 amide bonds. The first-order valence-electron chi connectivity index (χ1n) is 6.22. The summed E-state index contributed by atoms with van der Waals surface area (Å²) in [6.45, 7) is 1.76. The van der Waals surface area contributed by atoms with E-state index in [1.54, 1.807) is 19.1 Å². The van der Waals surface area contributed by atoms with Crippen molar-refractivity contribution in [2.45, 2.75) is 13.3 Å². The van der Waals surface area contributed by atoms with Gasteiger partial charge in [0.2, 0.25) is 0 Å². The molecule has 1 aliphatic heterocycles. The van der Waals surface area contributed by atoms with E-state index in [4.69, 9.17) is 11.6 Å². The molecule has 0 fully saturated rings. The summed E-state index contributed by atoms with van der Waals surface area (Å²) in [6.07, 6.45) is 0.529. The Balaban J connectivity index is 2.23. The molecule has 0 bridgehead atoms. The summed E-state index contributed by atoms with van der Waals surface area (Å²) in [4.78, 5) is 24.9. The lowest BCUT2D eigenvalue weighted by atomic mass is 10.1. The third-order valence-electron chi connectivity index (χ3n) is 3.07. The number of amides is 1.